The molecule has 0 N–H and O–H groups in total. The molecule has 0 heterocycles. The van der Waals surface area contributed by atoms with Gasteiger partial charge < -0.3 is 9.69 Å². The number of aldehydes is 1. The zero-order valence-electron chi connectivity index (χ0n) is 7.55. The van der Waals surface area contributed by atoms with Gasteiger partial charge in [-0.2, -0.15) is 0 Å². The van der Waals surface area contributed by atoms with Crippen molar-refractivity contribution in [2.75, 3.05) is 20.6 Å². The van der Waals surface area contributed by atoms with Gasteiger partial charge in [-0.05, 0) is 27.1 Å². The lowest BCUT2D eigenvalue weighted by Crippen LogP contribution is -2.12. The van der Waals surface area contributed by atoms with Crippen molar-refractivity contribution in [1.29, 1.82) is 0 Å². The van der Waals surface area contributed by atoms with E-state index < -0.39 is 0 Å². The minimum absolute atomic E-state index is 0.693. The predicted octanol–water partition coefficient (Wildman–Crippen LogP) is 1.55. The molecule has 0 fully saturated rings. The molecule has 10 heavy (non-hydrogen) atoms. The van der Waals surface area contributed by atoms with Gasteiger partial charge in [0, 0.05) is 6.42 Å². The molecule has 0 rings (SSSR count). The third-order valence-electron chi connectivity index (χ3n) is 0.927. The first-order valence-electron chi connectivity index (χ1n) is 3.85. The van der Waals surface area contributed by atoms with E-state index in [2.05, 4.69) is 4.90 Å². The highest BCUT2D eigenvalue weighted by Crippen LogP contribution is 1.84. The Morgan fingerprint density at radius 3 is 2.10 bits per heavy atom. The van der Waals surface area contributed by atoms with Crippen LogP contribution in [0, 0.1) is 0 Å². The average Bonchev–Trinajstić information content (AvgIpc) is 1.92. The summed E-state index contributed by atoms with van der Waals surface area (Å²) in [6.45, 7) is 5.01. The first kappa shape index (κ1) is 12.3. The van der Waals surface area contributed by atoms with Crippen LogP contribution in [-0.4, -0.2) is 31.8 Å². The minimum atomic E-state index is 0.693. The van der Waals surface area contributed by atoms with Crippen LogP contribution in [0.2, 0.25) is 0 Å². The summed E-state index contributed by atoms with van der Waals surface area (Å²) in [5.74, 6) is 0. The normalized spacial score (nSPS) is 8.50. The van der Waals surface area contributed by atoms with E-state index in [0.29, 0.717) is 6.42 Å². The molecule has 0 aromatic rings. The van der Waals surface area contributed by atoms with E-state index in [-0.39, 0.29) is 0 Å². The highest BCUT2D eigenvalue weighted by molar-refractivity contribution is 5.48. The zero-order chi connectivity index (χ0) is 8.41. The molecular weight excluding hydrogens is 126 g/mol. The maximum absolute atomic E-state index is 9.77. The minimum Gasteiger partial charge on any atom is -0.309 e. The van der Waals surface area contributed by atoms with Crippen LogP contribution >= 0.6 is 0 Å². The van der Waals surface area contributed by atoms with Crippen LogP contribution in [-0.2, 0) is 4.79 Å². The standard InChI is InChI=1S/C6H13NO.C2H6/c1-7(2)5-3-4-6-8;1-2/h6H,3-5H2,1-2H3;1-2H3. The second kappa shape index (κ2) is 11.4. The molecule has 0 radical (unpaired) electrons. The quantitative estimate of drug-likeness (QED) is 0.442. The van der Waals surface area contributed by atoms with Gasteiger partial charge in [-0.25, -0.2) is 0 Å². The first-order chi connectivity index (χ1) is 4.77. The Labute approximate surface area is 64.2 Å². The number of hydrogen-bond acceptors (Lipinski definition) is 2. The molecule has 0 aliphatic rings. The van der Waals surface area contributed by atoms with Crippen molar-refractivity contribution >= 4 is 6.29 Å². The third kappa shape index (κ3) is 15.6. The van der Waals surface area contributed by atoms with Crippen LogP contribution in [0.5, 0.6) is 0 Å². The Morgan fingerprint density at radius 1 is 1.30 bits per heavy atom. The van der Waals surface area contributed by atoms with Crippen LogP contribution in [0.15, 0.2) is 0 Å². The largest absolute Gasteiger partial charge is 0.309 e. The fourth-order valence-electron chi connectivity index (χ4n) is 0.491. The van der Waals surface area contributed by atoms with Gasteiger partial charge in [0.15, 0.2) is 0 Å². The molecule has 0 aromatic heterocycles. The molecule has 0 aliphatic carbocycles. The molecule has 0 aliphatic heterocycles. The SMILES string of the molecule is CC.CN(C)CCCC=O. The summed E-state index contributed by atoms with van der Waals surface area (Å²) in [7, 11) is 4.01. The number of unbranched alkanes of at least 4 members (excludes halogenated alkanes) is 1. The number of nitrogens with zero attached hydrogens (tertiary/aromatic N) is 1. The van der Waals surface area contributed by atoms with Crippen molar-refractivity contribution in [3.8, 4) is 0 Å². The molecular formula is C8H19NO. The van der Waals surface area contributed by atoms with E-state index in [1.165, 1.54) is 0 Å². The maximum atomic E-state index is 9.77. The van der Waals surface area contributed by atoms with E-state index in [9.17, 15) is 4.79 Å². The molecule has 0 atom stereocenters. The van der Waals surface area contributed by atoms with Crippen molar-refractivity contribution in [2.24, 2.45) is 0 Å². The molecule has 0 unspecified atom stereocenters. The van der Waals surface area contributed by atoms with Gasteiger partial charge in [-0.1, -0.05) is 13.8 Å². The van der Waals surface area contributed by atoms with Crippen molar-refractivity contribution in [1.82, 2.24) is 4.90 Å². The van der Waals surface area contributed by atoms with Crippen molar-refractivity contribution < 1.29 is 4.79 Å². The molecule has 2 heteroatoms. The van der Waals surface area contributed by atoms with E-state index in [1.807, 2.05) is 27.9 Å². The Kier molecular flexibility index (Phi) is 14.1. The number of rotatable bonds is 4. The lowest BCUT2D eigenvalue weighted by Gasteiger charge is -2.05. The topological polar surface area (TPSA) is 20.3 Å². The fourth-order valence-corrected chi connectivity index (χ4v) is 0.491. The van der Waals surface area contributed by atoms with Crippen LogP contribution in [0.1, 0.15) is 26.7 Å². The molecule has 0 saturated carbocycles. The summed E-state index contributed by atoms with van der Waals surface area (Å²) >= 11 is 0. The smallest absolute Gasteiger partial charge is 0.120 e. The van der Waals surface area contributed by atoms with Crippen LogP contribution in [0.25, 0.3) is 0 Å². The lowest BCUT2D eigenvalue weighted by molar-refractivity contribution is -0.107. The van der Waals surface area contributed by atoms with Crippen LogP contribution in [0.4, 0.5) is 0 Å². The molecule has 0 saturated heterocycles. The van der Waals surface area contributed by atoms with Gasteiger partial charge in [0.1, 0.15) is 6.29 Å². The monoisotopic (exact) mass is 145 g/mol. The Morgan fingerprint density at radius 2 is 1.80 bits per heavy atom. The second-order valence-electron chi connectivity index (χ2n) is 2.11. The molecule has 0 bridgehead atoms. The van der Waals surface area contributed by atoms with E-state index in [0.717, 1.165) is 19.3 Å². The summed E-state index contributed by atoms with van der Waals surface area (Å²) in [5, 5.41) is 0. The third-order valence-corrected chi connectivity index (χ3v) is 0.927. The molecule has 62 valence electrons. The summed E-state index contributed by atoms with van der Waals surface area (Å²) in [5.41, 5.74) is 0. The van der Waals surface area contributed by atoms with Gasteiger partial charge in [0.2, 0.25) is 0 Å². The van der Waals surface area contributed by atoms with Crippen LogP contribution < -0.4 is 0 Å². The van der Waals surface area contributed by atoms with Crippen LogP contribution in [0.3, 0.4) is 0 Å². The van der Waals surface area contributed by atoms with E-state index >= 15 is 0 Å². The Balaban J connectivity index is 0. The Hall–Kier alpha value is -0.370. The fraction of sp³-hybridized carbons (Fsp3) is 0.875. The van der Waals surface area contributed by atoms with Crippen molar-refractivity contribution in [3.63, 3.8) is 0 Å². The van der Waals surface area contributed by atoms with Gasteiger partial charge >= 0.3 is 0 Å². The molecule has 2 nitrogen and oxygen atoms in total. The van der Waals surface area contributed by atoms with Crippen molar-refractivity contribution in [2.45, 2.75) is 26.7 Å². The number of carbonyl (C=O) groups excluding carboxylic acids is 1. The van der Waals surface area contributed by atoms with Gasteiger partial charge in [-0.3, -0.25) is 0 Å². The maximum Gasteiger partial charge on any atom is 0.120 e. The Bertz CT molecular complexity index is 62.3. The predicted molar refractivity (Wildman–Crippen MR) is 45.2 cm³/mol. The highest BCUT2D eigenvalue weighted by Gasteiger charge is 1.86. The highest BCUT2D eigenvalue weighted by atomic mass is 16.1. The van der Waals surface area contributed by atoms with Crippen molar-refractivity contribution in [3.05, 3.63) is 0 Å². The van der Waals surface area contributed by atoms with E-state index in [1.54, 1.807) is 0 Å². The molecule has 0 amide bonds. The van der Waals surface area contributed by atoms with E-state index in [4.69, 9.17) is 0 Å². The second-order valence-corrected chi connectivity index (χ2v) is 2.11. The molecule has 0 spiro atoms. The lowest BCUT2D eigenvalue weighted by atomic mass is 10.3. The summed E-state index contributed by atoms with van der Waals surface area (Å²) in [4.78, 5) is 11.8. The van der Waals surface area contributed by atoms with Gasteiger partial charge in [0.25, 0.3) is 0 Å². The molecule has 0 aromatic carbocycles. The average molecular weight is 145 g/mol. The number of hydrogen-bond donors (Lipinski definition) is 0. The summed E-state index contributed by atoms with van der Waals surface area (Å²) in [6, 6.07) is 0. The van der Waals surface area contributed by atoms with Gasteiger partial charge in [-0.15, -0.1) is 0 Å². The summed E-state index contributed by atoms with van der Waals surface area (Å²) < 4.78 is 0. The number of carbonyl (C=O) groups is 1. The zero-order valence-corrected chi connectivity index (χ0v) is 7.55. The summed E-state index contributed by atoms with van der Waals surface area (Å²) in [6.07, 6.45) is 2.64. The van der Waals surface area contributed by atoms with Gasteiger partial charge in [0.05, 0.1) is 0 Å². The first-order valence-corrected chi connectivity index (χ1v) is 3.85.